The Bertz CT molecular complexity index is 851. The van der Waals surface area contributed by atoms with Gasteiger partial charge in [-0.1, -0.05) is 50.9 Å². The van der Waals surface area contributed by atoms with Crippen LogP contribution in [0.4, 0.5) is 0 Å². The smallest absolute Gasteiger partial charge is 0.302 e. The molecule has 0 spiro atoms. The first-order valence-corrected chi connectivity index (χ1v) is 11.8. The SMILES string of the molecule is CCCCCCCCOc1cnc(-c2ccc(C#CCCCC(C)OC(C)=O)cc2)nc1. The lowest BCUT2D eigenvalue weighted by molar-refractivity contribution is -0.145. The van der Waals surface area contributed by atoms with Gasteiger partial charge in [-0.3, -0.25) is 4.79 Å². The summed E-state index contributed by atoms with van der Waals surface area (Å²) in [5, 5.41) is 0. The number of unbranched alkanes of at least 4 members (excludes halogenated alkanes) is 6. The van der Waals surface area contributed by atoms with Crippen LogP contribution in [0.25, 0.3) is 11.4 Å². The standard InChI is InChI=1S/C27H36N2O3/c1-4-5-6-7-8-12-19-31-26-20-28-27(29-21-26)25-17-15-24(16-18-25)14-11-9-10-13-22(2)32-23(3)30/h15-18,20-22H,4-10,12-13,19H2,1-3H3. The minimum absolute atomic E-state index is 0.0547. The van der Waals surface area contributed by atoms with Crippen LogP contribution in [0.2, 0.25) is 0 Å². The molecule has 5 heteroatoms. The molecule has 0 saturated heterocycles. The summed E-state index contributed by atoms with van der Waals surface area (Å²) in [6.07, 6.45) is 13.4. The number of hydrogen-bond donors (Lipinski definition) is 0. The van der Waals surface area contributed by atoms with Gasteiger partial charge < -0.3 is 9.47 Å². The molecule has 1 unspecified atom stereocenters. The molecule has 2 aromatic rings. The maximum absolute atomic E-state index is 10.9. The third-order valence-electron chi connectivity index (χ3n) is 5.05. The van der Waals surface area contributed by atoms with E-state index in [-0.39, 0.29) is 12.1 Å². The topological polar surface area (TPSA) is 61.3 Å². The molecule has 0 bridgehead atoms. The molecule has 2 rings (SSSR count). The maximum Gasteiger partial charge on any atom is 0.302 e. The van der Waals surface area contributed by atoms with E-state index in [1.54, 1.807) is 12.4 Å². The van der Waals surface area contributed by atoms with Crippen molar-refractivity contribution in [3.05, 3.63) is 42.2 Å². The van der Waals surface area contributed by atoms with Gasteiger partial charge in [0.25, 0.3) is 0 Å². The maximum atomic E-state index is 10.9. The van der Waals surface area contributed by atoms with Crippen LogP contribution in [0.15, 0.2) is 36.7 Å². The molecule has 0 amide bonds. The second-order valence-electron chi connectivity index (χ2n) is 8.05. The molecule has 1 aromatic heterocycles. The Kier molecular flexibility index (Phi) is 11.9. The largest absolute Gasteiger partial charge is 0.490 e. The zero-order valence-electron chi connectivity index (χ0n) is 19.7. The molecule has 0 fully saturated rings. The predicted octanol–water partition coefficient (Wildman–Crippen LogP) is 6.36. The number of esters is 1. The monoisotopic (exact) mass is 436 g/mol. The second-order valence-corrected chi connectivity index (χ2v) is 8.05. The van der Waals surface area contributed by atoms with Gasteiger partial charge in [-0.25, -0.2) is 9.97 Å². The lowest BCUT2D eigenvalue weighted by Gasteiger charge is -2.09. The second kappa shape index (κ2) is 15.0. The molecule has 0 aliphatic rings. The minimum atomic E-state index is -0.233. The van der Waals surface area contributed by atoms with Crippen LogP contribution < -0.4 is 4.74 Å². The van der Waals surface area contributed by atoms with Crippen LogP contribution in [0.5, 0.6) is 5.75 Å². The van der Waals surface area contributed by atoms with Gasteiger partial charge in [0.1, 0.15) is 0 Å². The summed E-state index contributed by atoms with van der Waals surface area (Å²) in [6.45, 7) is 6.29. The molecule has 1 atom stereocenters. The van der Waals surface area contributed by atoms with Crippen molar-refractivity contribution in [1.29, 1.82) is 0 Å². The third kappa shape index (κ3) is 10.4. The molecule has 1 aromatic carbocycles. The molecule has 1 heterocycles. The van der Waals surface area contributed by atoms with Crippen LogP contribution >= 0.6 is 0 Å². The Morgan fingerprint density at radius 3 is 2.38 bits per heavy atom. The highest BCUT2D eigenvalue weighted by molar-refractivity contribution is 5.66. The molecule has 32 heavy (non-hydrogen) atoms. The number of aromatic nitrogens is 2. The van der Waals surface area contributed by atoms with Crippen molar-refractivity contribution < 1.29 is 14.3 Å². The van der Waals surface area contributed by atoms with Gasteiger partial charge >= 0.3 is 5.97 Å². The summed E-state index contributed by atoms with van der Waals surface area (Å²) in [7, 11) is 0. The summed E-state index contributed by atoms with van der Waals surface area (Å²) in [6, 6.07) is 7.93. The number of carbonyl (C=O) groups excluding carboxylic acids is 1. The summed E-state index contributed by atoms with van der Waals surface area (Å²) >= 11 is 0. The zero-order chi connectivity index (χ0) is 23.0. The first-order chi connectivity index (χ1) is 15.6. The molecular formula is C27H36N2O3. The van der Waals surface area contributed by atoms with Crippen LogP contribution in [0.3, 0.4) is 0 Å². The van der Waals surface area contributed by atoms with Crippen molar-refractivity contribution in [2.24, 2.45) is 0 Å². The van der Waals surface area contributed by atoms with E-state index in [1.807, 2.05) is 31.2 Å². The lowest BCUT2D eigenvalue weighted by atomic mass is 10.1. The fraction of sp³-hybridized carbons (Fsp3) is 0.519. The van der Waals surface area contributed by atoms with Crippen molar-refractivity contribution in [3.63, 3.8) is 0 Å². The normalized spacial score (nSPS) is 11.3. The lowest BCUT2D eigenvalue weighted by Crippen LogP contribution is -2.11. The minimum Gasteiger partial charge on any atom is -0.490 e. The molecule has 0 aliphatic carbocycles. The van der Waals surface area contributed by atoms with E-state index < -0.39 is 0 Å². The number of rotatable bonds is 13. The van der Waals surface area contributed by atoms with Crippen molar-refractivity contribution >= 4 is 5.97 Å². The Hall–Kier alpha value is -2.87. The predicted molar refractivity (Wildman–Crippen MR) is 128 cm³/mol. The number of benzene rings is 1. The average Bonchev–Trinajstić information content (AvgIpc) is 2.79. The van der Waals surface area contributed by atoms with Crippen LogP contribution in [-0.2, 0) is 9.53 Å². The van der Waals surface area contributed by atoms with Gasteiger partial charge in [-0.15, -0.1) is 0 Å². The van der Waals surface area contributed by atoms with Crippen molar-refractivity contribution in [2.45, 2.75) is 84.7 Å². The Morgan fingerprint density at radius 2 is 1.69 bits per heavy atom. The van der Waals surface area contributed by atoms with Gasteiger partial charge in [0, 0.05) is 24.5 Å². The Balaban J connectivity index is 1.73. The summed E-state index contributed by atoms with van der Waals surface area (Å²) < 4.78 is 10.9. The van der Waals surface area contributed by atoms with Gasteiger partial charge in [0.2, 0.25) is 0 Å². The van der Waals surface area contributed by atoms with Crippen LogP contribution in [0, 0.1) is 11.8 Å². The van der Waals surface area contributed by atoms with E-state index in [2.05, 4.69) is 28.7 Å². The van der Waals surface area contributed by atoms with Gasteiger partial charge in [0.15, 0.2) is 11.6 Å². The zero-order valence-corrected chi connectivity index (χ0v) is 19.7. The van der Waals surface area contributed by atoms with Crippen LogP contribution in [0.1, 0.15) is 84.1 Å². The number of carbonyl (C=O) groups is 1. The molecule has 0 radical (unpaired) electrons. The van der Waals surface area contributed by atoms with Gasteiger partial charge in [-0.2, -0.15) is 0 Å². The first kappa shape index (κ1) is 25.4. The molecule has 0 aliphatic heterocycles. The van der Waals surface area contributed by atoms with E-state index in [0.717, 1.165) is 36.8 Å². The van der Waals surface area contributed by atoms with Crippen molar-refractivity contribution in [1.82, 2.24) is 9.97 Å². The first-order valence-electron chi connectivity index (χ1n) is 11.8. The van der Waals surface area contributed by atoms with Gasteiger partial charge in [-0.05, 0) is 50.5 Å². The summed E-state index contributed by atoms with van der Waals surface area (Å²) in [5.41, 5.74) is 1.91. The highest BCUT2D eigenvalue weighted by Gasteiger charge is 2.04. The number of ether oxygens (including phenoxy) is 2. The summed E-state index contributed by atoms with van der Waals surface area (Å²) in [4.78, 5) is 19.8. The van der Waals surface area contributed by atoms with Crippen molar-refractivity contribution in [3.8, 4) is 29.0 Å². The quantitative estimate of drug-likeness (QED) is 0.208. The van der Waals surface area contributed by atoms with Gasteiger partial charge in [0.05, 0.1) is 25.1 Å². The fourth-order valence-electron chi connectivity index (χ4n) is 3.30. The van der Waals surface area contributed by atoms with Crippen LogP contribution in [-0.4, -0.2) is 28.6 Å². The average molecular weight is 437 g/mol. The number of hydrogen-bond acceptors (Lipinski definition) is 5. The third-order valence-corrected chi connectivity index (χ3v) is 5.05. The molecular weight excluding hydrogens is 400 g/mol. The number of nitrogens with zero attached hydrogens (tertiary/aromatic N) is 2. The molecule has 172 valence electrons. The Morgan fingerprint density at radius 1 is 1.00 bits per heavy atom. The van der Waals surface area contributed by atoms with E-state index in [9.17, 15) is 4.79 Å². The highest BCUT2D eigenvalue weighted by Crippen LogP contribution is 2.17. The van der Waals surface area contributed by atoms with E-state index in [1.165, 1.54) is 39.0 Å². The molecule has 5 nitrogen and oxygen atoms in total. The Labute approximate surface area is 193 Å². The van der Waals surface area contributed by atoms with E-state index in [4.69, 9.17) is 9.47 Å². The van der Waals surface area contributed by atoms with E-state index in [0.29, 0.717) is 18.2 Å². The molecule has 0 saturated carbocycles. The fourth-order valence-corrected chi connectivity index (χ4v) is 3.30. The molecule has 0 N–H and O–H groups in total. The highest BCUT2D eigenvalue weighted by atomic mass is 16.5. The summed E-state index contributed by atoms with van der Waals surface area (Å²) in [5.74, 6) is 7.51. The van der Waals surface area contributed by atoms with E-state index >= 15 is 0 Å². The van der Waals surface area contributed by atoms with Crippen molar-refractivity contribution in [2.75, 3.05) is 6.61 Å².